The number of nitrogens with one attached hydrogen (secondary N) is 1. The van der Waals surface area contributed by atoms with Crippen LogP contribution in [0.25, 0.3) is 0 Å². The van der Waals surface area contributed by atoms with E-state index in [2.05, 4.69) is 57.2 Å². The summed E-state index contributed by atoms with van der Waals surface area (Å²) >= 11 is 5.53. The van der Waals surface area contributed by atoms with Crippen LogP contribution in [0.3, 0.4) is 0 Å². The predicted octanol–water partition coefficient (Wildman–Crippen LogP) is 3.51. The first-order valence-corrected chi connectivity index (χ1v) is 8.58. The summed E-state index contributed by atoms with van der Waals surface area (Å²) in [6, 6.07) is 4.75. The highest BCUT2D eigenvalue weighted by atomic mass is 79.9. The number of hydrogen-bond acceptors (Lipinski definition) is 3. The third-order valence-corrected chi connectivity index (χ3v) is 5.13. The minimum atomic E-state index is 0.562. The Hall–Kier alpha value is -0.0600. The topological polar surface area (TPSA) is 24.9 Å². The second-order valence-electron chi connectivity index (χ2n) is 4.95. The molecule has 0 radical (unpaired) electrons. The molecule has 1 aliphatic heterocycles. The molecule has 0 spiro atoms. The van der Waals surface area contributed by atoms with E-state index in [1.165, 1.54) is 36.5 Å². The van der Waals surface area contributed by atoms with Crippen LogP contribution in [0, 0.1) is 5.92 Å². The lowest BCUT2D eigenvalue weighted by molar-refractivity contribution is 0.374. The van der Waals surface area contributed by atoms with E-state index in [1.807, 2.05) is 6.20 Å². The Morgan fingerprint density at radius 2 is 2.22 bits per heavy atom. The van der Waals surface area contributed by atoms with Gasteiger partial charge in [0.25, 0.3) is 0 Å². The van der Waals surface area contributed by atoms with Crippen molar-refractivity contribution in [2.24, 2.45) is 5.92 Å². The lowest BCUT2D eigenvalue weighted by atomic mass is 9.92. The van der Waals surface area contributed by atoms with E-state index in [0.717, 1.165) is 16.8 Å². The van der Waals surface area contributed by atoms with Crippen LogP contribution < -0.4 is 5.32 Å². The number of hydrogen-bond donors (Lipinski definition) is 1. The average molecular weight is 329 g/mol. The fraction of sp³-hybridized carbons (Fsp3) is 0.643. The van der Waals surface area contributed by atoms with E-state index in [-0.39, 0.29) is 0 Å². The zero-order valence-electron chi connectivity index (χ0n) is 10.9. The van der Waals surface area contributed by atoms with Gasteiger partial charge in [0.2, 0.25) is 0 Å². The molecule has 1 aliphatic rings. The third kappa shape index (κ3) is 4.56. The van der Waals surface area contributed by atoms with Gasteiger partial charge in [-0.05, 0) is 71.8 Å². The highest BCUT2D eigenvalue weighted by molar-refractivity contribution is 9.10. The number of likely N-dealkylation sites (N-methyl/N-ethyl adjacent to an activating group) is 1. The van der Waals surface area contributed by atoms with Crippen molar-refractivity contribution in [1.82, 2.24) is 10.3 Å². The summed E-state index contributed by atoms with van der Waals surface area (Å²) in [5.41, 5.74) is 1.18. The fourth-order valence-corrected chi connectivity index (χ4v) is 3.91. The first-order chi connectivity index (χ1) is 8.78. The van der Waals surface area contributed by atoms with E-state index in [1.54, 1.807) is 0 Å². The molecule has 1 atom stereocenters. The molecule has 1 unspecified atom stereocenters. The van der Waals surface area contributed by atoms with Gasteiger partial charge in [-0.25, -0.2) is 0 Å². The van der Waals surface area contributed by atoms with Crippen molar-refractivity contribution in [2.45, 2.75) is 31.7 Å². The van der Waals surface area contributed by atoms with Gasteiger partial charge in [0.15, 0.2) is 0 Å². The zero-order valence-corrected chi connectivity index (χ0v) is 13.3. The van der Waals surface area contributed by atoms with Crippen LogP contribution in [0.1, 0.15) is 25.0 Å². The maximum absolute atomic E-state index is 4.47. The van der Waals surface area contributed by atoms with Crippen molar-refractivity contribution in [2.75, 3.05) is 18.6 Å². The van der Waals surface area contributed by atoms with Gasteiger partial charge in [0.1, 0.15) is 0 Å². The summed E-state index contributed by atoms with van der Waals surface area (Å²) in [5.74, 6) is 3.59. The Morgan fingerprint density at radius 3 is 2.83 bits per heavy atom. The maximum Gasteiger partial charge on any atom is 0.0419 e. The number of rotatable bonds is 5. The molecule has 1 N–H and O–H groups in total. The molecule has 0 aromatic carbocycles. The Morgan fingerprint density at radius 1 is 1.44 bits per heavy atom. The normalized spacial score (nSPS) is 18.8. The first-order valence-electron chi connectivity index (χ1n) is 6.63. The van der Waals surface area contributed by atoms with E-state index in [4.69, 9.17) is 0 Å². The highest BCUT2D eigenvalue weighted by Gasteiger charge is 2.18. The van der Waals surface area contributed by atoms with Gasteiger partial charge >= 0.3 is 0 Å². The van der Waals surface area contributed by atoms with Crippen LogP contribution >= 0.6 is 27.7 Å². The summed E-state index contributed by atoms with van der Waals surface area (Å²) in [6.45, 7) is 0. The summed E-state index contributed by atoms with van der Waals surface area (Å²) in [6.07, 6.45) is 6.98. The van der Waals surface area contributed by atoms with Crippen molar-refractivity contribution in [3.63, 3.8) is 0 Å². The average Bonchev–Trinajstić information content (AvgIpc) is 2.41. The van der Waals surface area contributed by atoms with Crippen LogP contribution in [0.2, 0.25) is 0 Å². The van der Waals surface area contributed by atoms with Gasteiger partial charge in [0.05, 0.1) is 0 Å². The van der Waals surface area contributed by atoms with Gasteiger partial charge in [-0.3, -0.25) is 4.98 Å². The maximum atomic E-state index is 4.47. The smallest absolute Gasteiger partial charge is 0.0419 e. The van der Waals surface area contributed by atoms with Crippen molar-refractivity contribution < 1.29 is 0 Å². The highest BCUT2D eigenvalue weighted by Crippen LogP contribution is 2.27. The van der Waals surface area contributed by atoms with E-state index >= 15 is 0 Å². The monoisotopic (exact) mass is 328 g/mol. The quantitative estimate of drug-likeness (QED) is 0.895. The predicted molar refractivity (Wildman–Crippen MR) is 83.2 cm³/mol. The minimum absolute atomic E-state index is 0.562. The van der Waals surface area contributed by atoms with Crippen LogP contribution in [-0.2, 0) is 6.42 Å². The molecular formula is C14H21BrN2S. The molecule has 1 aromatic heterocycles. The fourth-order valence-electron chi connectivity index (χ4n) is 2.47. The third-order valence-electron chi connectivity index (χ3n) is 3.61. The van der Waals surface area contributed by atoms with Crippen molar-refractivity contribution in [1.29, 1.82) is 0 Å². The van der Waals surface area contributed by atoms with Gasteiger partial charge in [-0.15, -0.1) is 0 Å². The Labute approximate surface area is 122 Å². The molecule has 1 fully saturated rings. The minimum Gasteiger partial charge on any atom is -0.317 e. The van der Waals surface area contributed by atoms with Crippen LogP contribution in [0.4, 0.5) is 0 Å². The van der Waals surface area contributed by atoms with Crippen LogP contribution in [0.15, 0.2) is 22.8 Å². The SMILES string of the molecule is CNC(Cc1ccc(Br)cn1)CC1CCSCC1. The molecule has 100 valence electrons. The van der Waals surface area contributed by atoms with Gasteiger partial charge in [-0.1, -0.05) is 0 Å². The second-order valence-corrected chi connectivity index (χ2v) is 7.09. The lowest BCUT2D eigenvalue weighted by Gasteiger charge is -2.26. The molecule has 0 saturated carbocycles. The van der Waals surface area contributed by atoms with E-state index in [9.17, 15) is 0 Å². The van der Waals surface area contributed by atoms with E-state index < -0.39 is 0 Å². The Balaban J connectivity index is 1.86. The van der Waals surface area contributed by atoms with Gasteiger partial charge in [-0.2, -0.15) is 11.8 Å². The number of halogens is 1. The lowest BCUT2D eigenvalue weighted by Crippen LogP contribution is -2.31. The molecule has 1 saturated heterocycles. The number of pyridine rings is 1. The van der Waals surface area contributed by atoms with Crippen molar-refractivity contribution in [3.05, 3.63) is 28.5 Å². The number of nitrogens with zero attached hydrogens (tertiary/aromatic N) is 1. The molecular weight excluding hydrogens is 308 g/mol. The molecule has 4 heteroatoms. The Bertz CT molecular complexity index is 349. The first kappa shape index (κ1) is 14.4. The second kappa shape index (κ2) is 7.51. The summed E-state index contributed by atoms with van der Waals surface area (Å²) in [4.78, 5) is 4.47. The van der Waals surface area contributed by atoms with Crippen LogP contribution in [-0.4, -0.2) is 29.6 Å². The van der Waals surface area contributed by atoms with Crippen molar-refractivity contribution >= 4 is 27.7 Å². The van der Waals surface area contributed by atoms with Gasteiger partial charge < -0.3 is 5.32 Å². The number of thioether (sulfide) groups is 1. The van der Waals surface area contributed by atoms with Crippen molar-refractivity contribution in [3.8, 4) is 0 Å². The zero-order chi connectivity index (χ0) is 12.8. The molecule has 0 aliphatic carbocycles. The molecule has 0 bridgehead atoms. The number of aromatic nitrogens is 1. The van der Waals surface area contributed by atoms with E-state index in [0.29, 0.717) is 6.04 Å². The molecule has 1 aromatic rings. The summed E-state index contributed by atoms with van der Waals surface area (Å²) < 4.78 is 1.05. The molecule has 2 nitrogen and oxygen atoms in total. The largest absolute Gasteiger partial charge is 0.317 e. The molecule has 18 heavy (non-hydrogen) atoms. The van der Waals surface area contributed by atoms with Gasteiger partial charge in [0, 0.05) is 28.8 Å². The molecule has 2 heterocycles. The standard InChI is InChI=1S/C14H21BrN2S/c1-16-14(8-11-4-6-18-7-5-11)9-13-3-2-12(15)10-17-13/h2-3,10-11,14,16H,4-9H2,1H3. The molecule has 2 rings (SSSR count). The molecule has 0 amide bonds. The summed E-state index contributed by atoms with van der Waals surface area (Å²) in [7, 11) is 2.07. The van der Waals surface area contributed by atoms with Crippen LogP contribution in [0.5, 0.6) is 0 Å². The summed E-state index contributed by atoms with van der Waals surface area (Å²) in [5, 5.41) is 3.45. The Kier molecular flexibility index (Phi) is 5.99.